The molecule has 276 valence electrons. The van der Waals surface area contributed by atoms with E-state index in [1.165, 1.54) is 12.1 Å². The Bertz CT molecular complexity index is 919. The number of rotatable bonds is 36. The van der Waals surface area contributed by atoms with Crippen LogP contribution < -0.4 is 4.74 Å². The van der Waals surface area contributed by atoms with Gasteiger partial charge in [-0.15, -0.1) is 0 Å². The fraction of sp³-hybridized carbons (Fsp3) is 0.719. The van der Waals surface area contributed by atoms with Gasteiger partial charge in [0.05, 0.1) is 137 Å². The highest BCUT2D eigenvalue weighted by Crippen LogP contribution is 2.17. The number of non-ortho nitro benzene ring substituents is 1. The van der Waals surface area contributed by atoms with Crippen LogP contribution in [0, 0.1) is 10.1 Å². The van der Waals surface area contributed by atoms with Gasteiger partial charge in [-0.3, -0.25) is 10.1 Å². The highest BCUT2D eigenvalue weighted by atomic mass is 16.6. The zero-order valence-corrected chi connectivity index (χ0v) is 28.1. The van der Waals surface area contributed by atoms with Gasteiger partial charge in [-0.1, -0.05) is 6.58 Å². The third kappa shape index (κ3) is 28.3. The molecule has 0 fully saturated rings. The van der Waals surface area contributed by atoms with Crippen LogP contribution >= 0.6 is 0 Å². The zero-order valence-electron chi connectivity index (χ0n) is 28.1. The molecule has 0 unspecified atom stereocenters. The fourth-order valence-electron chi connectivity index (χ4n) is 3.28. The quantitative estimate of drug-likeness (QED) is 0.0330. The summed E-state index contributed by atoms with van der Waals surface area (Å²) in [4.78, 5) is 21.4. The van der Waals surface area contributed by atoms with Crippen molar-refractivity contribution in [2.75, 3.05) is 145 Å². The lowest BCUT2D eigenvalue weighted by Crippen LogP contribution is -2.15. The normalized spacial score (nSPS) is 11.1. The summed E-state index contributed by atoms with van der Waals surface area (Å²) in [6.45, 7) is 14.6. The van der Waals surface area contributed by atoms with E-state index in [0.717, 1.165) is 0 Å². The van der Waals surface area contributed by atoms with Gasteiger partial charge in [0, 0.05) is 17.7 Å². The second-order valence-corrected chi connectivity index (χ2v) is 9.64. The van der Waals surface area contributed by atoms with Crippen molar-refractivity contribution in [2.45, 2.75) is 6.92 Å². The Morgan fingerprint density at radius 3 is 1.06 bits per heavy atom. The maximum Gasteiger partial charge on any atom is 0.333 e. The molecule has 1 rings (SSSR count). The largest absolute Gasteiger partial charge is 0.491 e. The Morgan fingerprint density at radius 2 is 0.792 bits per heavy atom. The molecule has 0 bridgehead atoms. The van der Waals surface area contributed by atoms with E-state index in [1.54, 1.807) is 19.1 Å². The first-order valence-corrected chi connectivity index (χ1v) is 16.0. The van der Waals surface area contributed by atoms with Gasteiger partial charge in [-0.2, -0.15) is 0 Å². The molecule has 0 aliphatic heterocycles. The van der Waals surface area contributed by atoms with Gasteiger partial charge < -0.3 is 56.8 Å². The van der Waals surface area contributed by atoms with E-state index in [0.29, 0.717) is 150 Å². The standard InChI is InChI=1S/C32H53NO15/c1-29(2)32(34)48-28-26-46-24-22-44-20-18-42-16-14-40-12-10-38-8-7-37-9-11-39-13-15-41-17-19-43-21-23-45-25-27-47-31-5-3-30(4-6-31)33(35)36/h3-6H,1,7-28H2,2H3. The van der Waals surface area contributed by atoms with E-state index >= 15 is 0 Å². The molecule has 1 aromatic rings. The number of nitrogens with zero attached hydrogens (tertiary/aromatic N) is 1. The lowest BCUT2D eigenvalue weighted by molar-refractivity contribution is -0.384. The molecule has 1 aromatic carbocycles. The first kappa shape index (κ1) is 43.3. The Kier molecular flexibility index (Phi) is 29.5. The first-order valence-electron chi connectivity index (χ1n) is 16.0. The Morgan fingerprint density at radius 1 is 0.521 bits per heavy atom. The third-order valence-corrected chi connectivity index (χ3v) is 5.70. The van der Waals surface area contributed by atoms with Crippen molar-refractivity contribution in [3.8, 4) is 5.75 Å². The third-order valence-electron chi connectivity index (χ3n) is 5.70. The van der Waals surface area contributed by atoms with E-state index in [2.05, 4.69) is 6.58 Å². The van der Waals surface area contributed by atoms with Crippen LogP contribution in [0.5, 0.6) is 5.75 Å². The van der Waals surface area contributed by atoms with Gasteiger partial charge in [0.1, 0.15) is 19.0 Å². The Labute approximate surface area is 282 Å². The minimum absolute atomic E-state index is 0.0216. The molecule has 0 heterocycles. The maximum absolute atomic E-state index is 11.2. The summed E-state index contributed by atoms with van der Waals surface area (Å²) >= 11 is 0. The molecule has 0 aliphatic carbocycles. The second kappa shape index (κ2) is 32.8. The summed E-state index contributed by atoms with van der Waals surface area (Å²) in [5.74, 6) is 0.132. The van der Waals surface area contributed by atoms with Crippen LogP contribution in [0.15, 0.2) is 36.4 Å². The average molecular weight is 692 g/mol. The fourth-order valence-corrected chi connectivity index (χ4v) is 3.28. The molecule has 0 aromatic heterocycles. The van der Waals surface area contributed by atoms with Gasteiger partial charge >= 0.3 is 5.97 Å². The van der Waals surface area contributed by atoms with Crippen molar-refractivity contribution >= 4 is 11.7 Å². The minimum atomic E-state index is -0.455. The summed E-state index contributed by atoms with van der Waals surface area (Å²) in [7, 11) is 0. The second-order valence-electron chi connectivity index (χ2n) is 9.64. The van der Waals surface area contributed by atoms with Crippen LogP contribution in [-0.2, 0) is 56.9 Å². The number of nitro benzene ring substituents is 1. The first-order chi connectivity index (χ1) is 23.5. The maximum atomic E-state index is 11.2. The zero-order chi connectivity index (χ0) is 34.8. The monoisotopic (exact) mass is 691 g/mol. The summed E-state index contributed by atoms with van der Waals surface area (Å²) < 4.78 is 64.6. The number of hydrogen-bond donors (Lipinski definition) is 0. The smallest absolute Gasteiger partial charge is 0.333 e. The average Bonchev–Trinajstić information content (AvgIpc) is 3.08. The molecule has 48 heavy (non-hydrogen) atoms. The molecule has 0 amide bonds. The van der Waals surface area contributed by atoms with Crippen LogP contribution in [0.25, 0.3) is 0 Å². The molecular formula is C32H53NO15. The van der Waals surface area contributed by atoms with Crippen molar-refractivity contribution in [1.82, 2.24) is 0 Å². The van der Waals surface area contributed by atoms with Crippen molar-refractivity contribution in [2.24, 2.45) is 0 Å². The van der Waals surface area contributed by atoms with E-state index < -0.39 is 10.9 Å². The van der Waals surface area contributed by atoms with Crippen molar-refractivity contribution < 1.29 is 66.6 Å². The van der Waals surface area contributed by atoms with Crippen LogP contribution in [0.1, 0.15) is 6.92 Å². The molecule has 0 spiro atoms. The molecule has 16 nitrogen and oxygen atoms in total. The molecule has 0 radical (unpaired) electrons. The van der Waals surface area contributed by atoms with Crippen LogP contribution in [0.2, 0.25) is 0 Å². The summed E-state index contributed by atoms with van der Waals surface area (Å²) in [5, 5.41) is 10.6. The number of esters is 1. The molecule has 0 saturated carbocycles. The van der Waals surface area contributed by atoms with Gasteiger partial charge in [0.15, 0.2) is 0 Å². The highest BCUT2D eigenvalue weighted by Gasteiger charge is 2.04. The van der Waals surface area contributed by atoms with E-state index in [9.17, 15) is 14.9 Å². The van der Waals surface area contributed by atoms with Crippen LogP contribution in [0.4, 0.5) is 5.69 Å². The highest BCUT2D eigenvalue weighted by molar-refractivity contribution is 5.86. The number of ether oxygens (including phenoxy) is 12. The summed E-state index contributed by atoms with van der Waals surface area (Å²) in [6.07, 6.45) is 0. The lowest BCUT2D eigenvalue weighted by Gasteiger charge is -2.09. The van der Waals surface area contributed by atoms with Crippen LogP contribution in [-0.4, -0.2) is 156 Å². The molecule has 0 atom stereocenters. The van der Waals surface area contributed by atoms with Gasteiger partial charge in [-0.05, 0) is 19.1 Å². The van der Waals surface area contributed by atoms with Crippen molar-refractivity contribution in [1.29, 1.82) is 0 Å². The van der Waals surface area contributed by atoms with Crippen molar-refractivity contribution in [3.63, 3.8) is 0 Å². The summed E-state index contributed by atoms with van der Waals surface area (Å²) in [5.41, 5.74) is 0.385. The van der Waals surface area contributed by atoms with Gasteiger partial charge in [0.25, 0.3) is 5.69 Å². The van der Waals surface area contributed by atoms with Gasteiger partial charge in [0.2, 0.25) is 0 Å². The predicted molar refractivity (Wildman–Crippen MR) is 173 cm³/mol. The van der Waals surface area contributed by atoms with E-state index in [1.807, 2.05) is 0 Å². The molecule has 0 saturated heterocycles. The van der Waals surface area contributed by atoms with Crippen molar-refractivity contribution in [3.05, 3.63) is 46.5 Å². The number of carbonyl (C=O) groups excluding carboxylic acids is 1. The predicted octanol–water partition coefficient (Wildman–Crippen LogP) is 2.26. The molecule has 0 aliphatic rings. The number of benzene rings is 1. The molecule has 0 N–H and O–H groups in total. The number of carbonyl (C=O) groups is 1. The van der Waals surface area contributed by atoms with Crippen LogP contribution in [0.3, 0.4) is 0 Å². The number of hydrogen-bond acceptors (Lipinski definition) is 15. The lowest BCUT2D eigenvalue weighted by atomic mass is 10.3. The summed E-state index contributed by atoms with van der Waals surface area (Å²) in [6, 6.07) is 5.89. The SMILES string of the molecule is C=C(C)C(=O)OCCOCCOCCOCCOCCOCCOCCOCCOCCOCCOCCOc1ccc([N+](=O)[O-])cc1. The van der Waals surface area contributed by atoms with E-state index in [-0.39, 0.29) is 12.3 Å². The number of nitro groups is 1. The molecular weight excluding hydrogens is 638 g/mol. The Hall–Kier alpha value is -2.77. The minimum Gasteiger partial charge on any atom is -0.491 e. The van der Waals surface area contributed by atoms with Gasteiger partial charge in [-0.25, -0.2) is 4.79 Å². The van der Waals surface area contributed by atoms with E-state index in [4.69, 9.17) is 56.8 Å². The Balaban J connectivity index is 1.66. The molecule has 16 heteroatoms. The topological polar surface area (TPSA) is 171 Å².